The van der Waals surface area contributed by atoms with E-state index in [2.05, 4.69) is 22.9 Å². The first kappa shape index (κ1) is 14.1. The zero-order chi connectivity index (χ0) is 14.4. The maximum absolute atomic E-state index is 13.4. The highest BCUT2D eigenvalue weighted by atomic mass is 32.1. The summed E-state index contributed by atoms with van der Waals surface area (Å²) in [5, 5.41) is 4.58. The van der Waals surface area contributed by atoms with Gasteiger partial charge in [-0.2, -0.15) is 0 Å². The van der Waals surface area contributed by atoms with Crippen LogP contribution in [0.25, 0.3) is 5.70 Å². The zero-order valence-corrected chi connectivity index (χ0v) is 11.5. The molecule has 0 aliphatic heterocycles. The summed E-state index contributed by atoms with van der Waals surface area (Å²) in [7, 11) is 0. The molecule has 3 N–H and O–H groups in total. The maximum Gasteiger partial charge on any atom is 0.148 e. The van der Waals surface area contributed by atoms with E-state index in [-0.39, 0.29) is 11.5 Å². The number of nitrogens with one attached hydrogen (secondary N) is 1. The van der Waals surface area contributed by atoms with Crippen LogP contribution in [0.3, 0.4) is 0 Å². The van der Waals surface area contributed by atoms with Crippen LogP contribution in [0.1, 0.15) is 5.56 Å². The number of hydrogen-bond donors (Lipinski definition) is 3. The Morgan fingerprint density at radius 1 is 1.15 bits per heavy atom. The topological polar surface area (TPSA) is 50.4 Å². The van der Waals surface area contributed by atoms with Crippen LogP contribution in [0.4, 0.5) is 15.8 Å². The number of thiol groups is 1. The molecule has 0 unspecified atom stereocenters. The normalized spacial score (nSPS) is 11.8. The Balaban J connectivity index is 2.09. The molecule has 2 rings (SSSR count). The first-order valence-corrected chi connectivity index (χ1v) is 6.46. The molecular weight excluding hydrogens is 273 g/mol. The standard InChI is InChI=1S/C15H14FN3S/c16-13-3-1-2-4-14(13)18-10-19-15(9-20)11-5-7-12(17)8-6-11/h1-10,20H,17H2,(H,18,19)/b15-9-. The van der Waals surface area contributed by atoms with Gasteiger partial charge in [0, 0.05) is 5.69 Å². The highest BCUT2D eigenvalue weighted by Gasteiger charge is 1.99. The van der Waals surface area contributed by atoms with Crippen molar-refractivity contribution in [2.75, 3.05) is 5.73 Å². The molecule has 20 heavy (non-hydrogen) atoms. The lowest BCUT2D eigenvalue weighted by molar-refractivity contribution is 0.630. The van der Waals surface area contributed by atoms with E-state index < -0.39 is 0 Å². The van der Waals surface area contributed by atoms with E-state index in [1.165, 1.54) is 12.4 Å². The molecule has 0 atom stereocenters. The van der Waals surface area contributed by atoms with E-state index in [1.807, 2.05) is 12.1 Å². The van der Waals surface area contributed by atoms with Crippen LogP contribution < -0.4 is 11.1 Å². The largest absolute Gasteiger partial charge is 0.399 e. The molecule has 0 radical (unpaired) electrons. The van der Waals surface area contributed by atoms with E-state index in [9.17, 15) is 4.39 Å². The van der Waals surface area contributed by atoms with Gasteiger partial charge in [0.2, 0.25) is 0 Å². The summed E-state index contributed by atoms with van der Waals surface area (Å²) in [6.07, 6.45) is 1.43. The number of nitrogens with two attached hydrogens (primary N) is 1. The lowest BCUT2D eigenvalue weighted by atomic mass is 10.1. The number of nitrogens with zero attached hydrogens (tertiary/aromatic N) is 1. The van der Waals surface area contributed by atoms with Crippen LogP contribution in [0.2, 0.25) is 0 Å². The van der Waals surface area contributed by atoms with Gasteiger partial charge in [-0.25, -0.2) is 9.38 Å². The predicted octanol–water partition coefficient (Wildman–Crippen LogP) is 3.59. The molecule has 102 valence electrons. The van der Waals surface area contributed by atoms with Crippen molar-refractivity contribution in [3.63, 3.8) is 0 Å². The molecule has 0 heterocycles. The van der Waals surface area contributed by atoms with Crippen LogP contribution in [-0.4, -0.2) is 6.34 Å². The summed E-state index contributed by atoms with van der Waals surface area (Å²) < 4.78 is 13.4. The highest BCUT2D eigenvalue weighted by Crippen LogP contribution is 2.16. The zero-order valence-electron chi connectivity index (χ0n) is 10.6. The van der Waals surface area contributed by atoms with E-state index in [0.717, 1.165) is 11.3 Å². The quantitative estimate of drug-likeness (QED) is 0.348. The van der Waals surface area contributed by atoms with Gasteiger partial charge >= 0.3 is 0 Å². The highest BCUT2D eigenvalue weighted by molar-refractivity contribution is 7.83. The van der Waals surface area contributed by atoms with Gasteiger partial charge in [-0.3, -0.25) is 0 Å². The molecule has 0 saturated carbocycles. The molecule has 2 aromatic rings. The minimum absolute atomic E-state index is 0.274. The Kier molecular flexibility index (Phi) is 4.79. The number of rotatable bonds is 4. The average molecular weight is 287 g/mol. The second-order valence-electron chi connectivity index (χ2n) is 4.02. The molecule has 0 spiro atoms. The summed E-state index contributed by atoms with van der Waals surface area (Å²) in [6.45, 7) is 0. The SMILES string of the molecule is Nc1ccc(/C(=C/S)NC=Nc2ccccc2F)cc1. The number of para-hydroxylation sites is 1. The number of nitrogen functional groups attached to an aromatic ring is 1. The average Bonchev–Trinajstić information content (AvgIpc) is 2.47. The molecule has 0 bridgehead atoms. The van der Waals surface area contributed by atoms with Crippen LogP contribution >= 0.6 is 12.6 Å². The lowest BCUT2D eigenvalue weighted by Crippen LogP contribution is -2.08. The van der Waals surface area contributed by atoms with Crippen molar-refractivity contribution < 1.29 is 4.39 Å². The second kappa shape index (κ2) is 6.77. The molecule has 5 heteroatoms. The minimum atomic E-state index is -0.366. The Labute approximate surface area is 122 Å². The summed E-state index contributed by atoms with van der Waals surface area (Å²) in [6, 6.07) is 13.6. The van der Waals surface area contributed by atoms with Gasteiger partial charge in [0.15, 0.2) is 0 Å². The van der Waals surface area contributed by atoms with Crippen LogP contribution in [0.5, 0.6) is 0 Å². The number of halogens is 1. The van der Waals surface area contributed by atoms with Crippen molar-refractivity contribution in [2.24, 2.45) is 4.99 Å². The molecule has 0 aliphatic carbocycles. The Morgan fingerprint density at radius 2 is 1.85 bits per heavy atom. The smallest absolute Gasteiger partial charge is 0.148 e. The van der Waals surface area contributed by atoms with E-state index in [0.29, 0.717) is 5.69 Å². The lowest BCUT2D eigenvalue weighted by Gasteiger charge is -2.06. The molecule has 0 saturated heterocycles. The van der Waals surface area contributed by atoms with Gasteiger partial charge in [0.1, 0.15) is 11.5 Å². The van der Waals surface area contributed by atoms with Gasteiger partial charge in [0.05, 0.1) is 12.0 Å². The number of hydrogen-bond acceptors (Lipinski definition) is 3. The Hall–Kier alpha value is -2.27. The van der Waals surface area contributed by atoms with Crippen LogP contribution in [-0.2, 0) is 0 Å². The summed E-state index contributed by atoms with van der Waals surface area (Å²) in [5.41, 5.74) is 8.25. The van der Waals surface area contributed by atoms with Gasteiger partial charge in [-0.1, -0.05) is 24.3 Å². The van der Waals surface area contributed by atoms with Crippen molar-refractivity contribution in [1.29, 1.82) is 0 Å². The molecule has 0 fully saturated rings. The fraction of sp³-hybridized carbons (Fsp3) is 0. The molecule has 0 aliphatic rings. The van der Waals surface area contributed by atoms with E-state index in [4.69, 9.17) is 5.73 Å². The third-order valence-electron chi connectivity index (χ3n) is 2.63. The molecular formula is C15H14FN3S. The van der Waals surface area contributed by atoms with Crippen LogP contribution in [0.15, 0.2) is 58.9 Å². The second-order valence-corrected chi connectivity index (χ2v) is 4.28. The number of anilines is 1. The summed E-state index contributed by atoms with van der Waals surface area (Å²) in [4.78, 5) is 4.03. The Morgan fingerprint density at radius 3 is 2.50 bits per heavy atom. The first-order chi connectivity index (χ1) is 9.70. The van der Waals surface area contributed by atoms with Crippen molar-refractivity contribution in [3.8, 4) is 0 Å². The third kappa shape index (κ3) is 3.61. The maximum atomic E-state index is 13.4. The van der Waals surface area contributed by atoms with Crippen molar-refractivity contribution >= 4 is 36.0 Å². The van der Waals surface area contributed by atoms with E-state index in [1.54, 1.807) is 35.7 Å². The molecule has 3 nitrogen and oxygen atoms in total. The van der Waals surface area contributed by atoms with Gasteiger partial charge in [-0.05, 0) is 35.2 Å². The first-order valence-electron chi connectivity index (χ1n) is 5.94. The van der Waals surface area contributed by atoms with Crippen LogP contribution in [0, 0.1) is 5.82 Å². The number of benzene rings is 2. The number of aliphatic imine (C=N–C) groups is 1. The van der Waals surface area contributed by atoms with E-state index >= 15 is 0 Å². The monoisotopic (exact) mass is 287 g/mol. The molecule has 0 amide bonds. The molecule has 2 aromatic carbocycles. The fourth-order valence-corrected chi connectivity index (χ4v) is 1.81. The third-order valence-corrected chi connectivity index (χ3v) is 2.89. The van der Waals surface area contributed by atoms with Gasteiger partial charge in [-0.15, -0.1) is 12.6 Å². The Bertz CT molecular complexity index is 636. The summed E-state index contributed by atoms with van der Waals surface area (Å²) in [5.74, 6) is -0.366. The van der Waals surface area contributed by atoms with Crippen molar-refractivity contribution in [1.82, 2.24) is 5.32 Å². The van der Waals surface area contributed by atoms with Gasteiger partial charge in [0.25, 0.3) is 0 Å². The fourth-order valence-electron chi connectivity index (χ4n) is 1.59. The predicted molar refractivity (Wildman–Crippen MR) is 85.5 cm³/mol. The van der Waals surface area contributed by atoms with Gasteiger partial charge < -0.3 is 11.1 Å². The van der Waals surface area contributed by atoms with Crippen molar-refractivity contribution in [3.05, 3.63) is 65.3 Å². The summed E-state index contributed by atoms with van der Waals surface area (Å²) >= 11 is 4.14. The van der Waals surface area contributed by atoms with Crippen molar-refractivity contribution in [2.45, 2.75) is 0 Å². The molecule has 0 aromatic heterocycles. The minimum Gasteiger partial charge on any atom is -0.399 e.